The van der Waals surface area contributed by atoms with Crippen LogP contribution in [-0.4, -0.2) is 14.2 Å². The smallest absolute Gasteiger partial charge is 0.118 e. The molecular weight excluding hydrogens is 222 g/mol. The predicted molar refractivity (Wildman–Crippen MR) is 73.7 cm³/mol. The summed E-state index contributed by atoms with van der Waals surface area (Å²) in [5.74, 6) is 3.78. The highest BCUT2D eigenvalue weighted by atomic mass is 16.5. The van der Waals surface area contributed by atoms with E-state index in [1.165, 1.54) is 31.2 Å². The van der Waals surface area contributed by atoms with Crippen LogP contribution in [0.25, 0.3) is 0 Å². The molecule has 0 radical (unpaired) electrons. The fraction of sp³-hybridized carbons (Fsp3) is 0.625. The average molecular weight is 245 g/mol. The van der Waals surface area contributed by atoms with Crippen molar-refractivity contribution < 1.29 is 4.74 Å². The van der Waals surface area contributed by atoms with Gasteiger partial charge in [0.1, 0.15) is 5.75 Å². The Hall–Kier alpha value is -1.02. The molecule has 0 bridgehead atoms. The monoisotopic (exact) mass is 245 g/mol. The molecule has 2 aliphatic rings. The zero-order valence-electron chi connectivity index (χ0n) is 11.4. The van der Waals surface area contributed by atoms with Gasteiger partial charge in [0.25, 0.3) is 0 Å². The van der Waals surface area contributed by atoms with Crippen LogP contribution in [0.5, 0.6) is 5.75 Å². The molecule has 3 atom stereocenters. The summed E-state index contributed by atoms with van der Waals surface area (Å²) in [5, 5.41) is 3.53. The van der Waals surface area contributed by atoms with E-state index in [0.29, 0.717) is 6.04 Å². The fourth-order valence-corrected chi connectivity index (χ4v) is 3.93. The molecule has 1 N–H and O–H groups in total. The van der Waals surface area contributed by atoms with Gasteiger partial charge in [0.05, 0.1) is 7.11 Å². The lowest BCUT2D eigenvalue weighted by Gasteiger charge is -2.17. The number of methoxy groups -OCH3 is 1. The summed E-state index contributed by atoms with van der Waals surface area (Å²) in [6.45, 7) is 0. The van der Waals surface area contributed by atoms with E-state index in [9.17, 15) is 0 Å². The molecule has 98 valence electrons. The molecule has 2 fully saturated rings. The van der Waals surface area contributed by atoms with Crippen LogP contribution in [-0.2, 0) is 0 Å². The third kappa shape index (κ3) is 2.03. The average Bonchev–Trinajstić information content (AvgIpc) is 3.15. The minimum Gasteiger partial charge on any atom is -0.497 e. The fourth-order valence-electron chi connectivity index (χ4n) is 3.93. The van der Waals surface area contributed by atoms with Crippen LogP contribution in [0.2, 0.25) is 0 Å². The van der Waals surface area contributed by atoms with Gasteiger partial charge in [0.15, 0.2) is 0 Å². The molecule has 18 heavy (non-hydrogen) atoms. The third-order valence-corrected chi connectivity index (χ3v) is 4.89. The van der Waals surface area contributed by atoms with Crippen LogP contribution < -0.4 is 10.1 Å². The van der Waals surface area contributed by atoms with E-state index in [1.807, 2.05) is 0 Å². The van der Waals surface area contributed by atoms with E-state index in [4.69, 9.17) is 4.74 Å². The van der Waals surface area contributed by atoms with Crippen molar-refractivity contribution in [1.82, 2.24) is 5.32 Å². The molecule has 0 aromatic heterocycles. The SMILES string of the molecule is CNC(c1ccc(OC)cc1)C1C2CCCCC21. The Labute approximate surface area is 110 Å². The van der Waals surface area contributed by atoms with Crippen molar-refractivity contribution in [1.29, 1.82) is 0 Å². The van der Waals surface area contributed by atoms with Gasteiger partial charge in [-0.15, -0.1) is 0 Å². The third-order valence-electron chi connectivity index (χ3n) is 4.89. The van der Waals surface area contributed by atoms with Crippen molar-refractivity contribution in [2.75, 3.05) is 14.2 Å². The minimum atomic E-state index is 0.531. The highest BCUT2D eigenvalue weighted by Crippen LogP contribution is 2.60. The van der Waals surface area contributed by atoms with Crippen LogP contribution in [0.15, 0.2) is 24.3 Å². The zero-order chi connectivity index (χ0) is 12.5. The van der Waals surface area contributed by atoms with E-state index in [1.54, 1.807) is 7.11 Å². The lowest BCUT2D eigenvalue weighted by molar-refractivity contribution is 0.413. The number of rotatable bonds is 4. The molecule has 0 amide bonds. The Morgan fingerprint density at radius 2 is 1.72 bits per heavy atom. The van der Waals surface area contributed by atoms with Gasteiger partial charge >= 0.3 is 0 Å². The first kappa shape index (κ1) is 12.0. The topological polar surface area (TPSA) is 21.3 Å². The Morgan fingerprint density at radius 1 is 1.11 bits per heavy atom. The molecule has 0 aliphatic heterocycles. The van der Waals surface area contributed by atoms with Gasteiger partial charge in [-0.05, 0) is 55.3 Å². The summed E-state index contributed by atoms with van der Waals surface area (Å²) in [6.07, 6.45) is 5.78. The van der Waals surface area contributed by atoms with E-state index in [2.05, 4.69) is 36.6 Å². The lowest BCUT2D eigenvalue weighted by atomic mass is 10.00. The molecule has 2 aliphatic carbocycles. The summed E-state index contributed by atoms with van der Waals surface area (Å²) < 4.78 is 5.23. The number of hydrogen-bond donors (Lipinski definition) is 1. The maximum absolute atomic E-state index is 5.23. The highest BCUT2D eigenvalue weighted by molar-refractivity contribution is 5.30. The Kier molecular flexibility index (Phi) is 3.29. The van der Waals surface area contributed by atoms with Crippen molar-refractivity contribution in [3.05, 3.63) is 29.8 Å². The summed E-state index contributed by atoms with van der Waals surface area (Å²) in [7, 11) is 3.82. The minimum absolute atomic E-state index is 0.531. The normalized spacial score (nSPS) is 31.6. The molecule has 2 nitrogen and oxygen atoms in total. The predicted octanol–water partition coefficient (Wildman–Crippen LogP) is 3.39. The Morgan fingerprint density at radius 3 is 2.22 bits per heavy atom. The molecule has 3 unspecified atom stereocenters. The van der Waals surface area contributed by atoms with Gasteiger partial charge < -0.3 is 10.1 Å². The van der Waals surface area contributed by atoms with E-state index >= 15 is 0 Å². The molecular formula is C16H23NO. The first-order valence-corrected chi connectivity index (χ1v) is 7.16. The number of ether oxygens (including phenoxy) is 1. The molecule has 1 aromatic carbocycles. The van der Waals surface area contributed by atoms with Crippen LogP contribution in [0.1, 0.15) is 37.3 Å². The number of hydrogen-bond acceptors (Lipinski definition) is 2. The van der Waals surface area contributed by atoms with Crippen molar-refractivity contribution in [2.24, 2.45) is 17.8 Å². The number of fused-ring (bicyclic) bond motifs is 1. The molecule has 2 heteroatoms. The summed E-state index contributed by atoms with van der Waals surface area (Å²) in [6, 6.07) is 9.11. The molecule has 3 rings (SSSR count). The summed E-state index contributed by atoms with van der Waals surface area (Å²) in [5.41, 5.74) is 1.41. The van der Waals surface area contributed by atoms with E-state index in [0.717, 1.165) is 23.5 Å². The maximum Gasteiger partial charge on any atom is 0.118 e. The standard InChI is InChI=1S/C16H23NO/c1-17-16(11-7-9-12(18-2)10-8-11)15-13-5-3-4-6-14(13)15/h7-10,13-17H,3-6H2,1-2H3. The first-order valence-electron chi connectivity index (χ1n) is 7.16. The van der Waals surface area contributed by atoms with E-state index in [-0.39, 0.29) is 0 Å². The van der Waals surface area contributed by atoms with Gasteiger partial charge in [-0.3, -0.25) is 0 Å². The molecule has 2 saturated carbocycles. The zero-order valence-corrected chi connectivity index (χ0v) is 11.4. The summed E-state index contributed by atoms with van der Waals surface area (Å²) >= 11 is 0. The van der Waals surface area contributed by atoms with Crippen LogP contribution in [0.4, 0.5) is 0 Å². The largest absolute Gasteiger partial charge is 0.497 e. The molecule has 0 saturated heterocycles. The van der Waals surface area contributed by atoms with Gasteiger partial charge in [0, 0.05) is 6.04 Å². The van der Waals surface area contributed by atoms with Crippen molar-refractivity contribution in [3.63, 3.8) is 0 Å². The van der Waals surface area contributed by atoms with Gasteiger partial charge in [0.2, 0.25) is 0 Å². The Balaban J connectivity index is 1.75. The van der Waals surface area contributed by atoms with Gasteiger partial charge in [-0.25, -0.2) is 0 Å². The molecule has 0 spiro atoms. The van der Waals surface area contributed by atoms with Crippen LogP contribution in [0.3, 0.4) is 0 Å². The second-order valence-corrected chi connectivity index (χ2v) is 5.73. The Bertz CT molecular complexity index is 388. The lowest BCUT2D eigenvalue weighted by Crippen LogP contribution is -2.19. The first-order chi connectivity index (χ1) is 8.85. The van der Waals surface area contributed by atoms with E-state index < -0.39 is 0 Å². The van der Waals surface area contributed by atoms with Crippen molar-refractivity contribution >= 4 is 0 Å². The summed E-state index contributed by atoms with van der Waals surface area (Å²) in [4.78, 5) is 0. The van der Waals surface area contributed by atoms with Crippen LogP contribution in [0, 0.1) is 17.8 Å². The number of nitrogens with one attached hydrogen (secondary N) is 1. The second kappa shape index (κ2) is 4.93. The quantitative estimate of drug-likeness (QED) is 0.878. The van der Waals surface area contributed by atoms with Crippen LogP contribution >= 0.6 is 0 Å². The molecule has 0 heterocycles. The number of benzene rings is 1. The van der Waals surface area contributed by atoms with Gasteiger partial charge in [-0.1, -0.05) is 25.0 Å². The highest BCUT2D eigenvalue weighted by Gasteiger charge is 2.53. The molecule has 1 aromatic rings. The van der Waals surface area contributed by atoms with Crippen molar-refractivity contribution in [3.8, 4) is 5.75 Å². The second-order valence-electron chi connectivity index (χ2n) is 5.73. The van der Waals surface area contributed by atoms with Crippen molar-refractivity contribution in [2.45, 2.75) is 31.7 Å². The van der Waals surface area contributed by atoms with Gasteiger partial charge in [-0.2, -0.15) is 0 Å². The maximum atomic E-state index is 5.23.